The van der Waals surface area contributed by atoms with Gasteiger partial charge in [0.2, 0.25) is 0 Å². The molecule has 0 aliphatic heterocycles. The lowest BCUT2D eigenvalue weighted by atomic mass is 10.2. The van der Waals surface area contributed by atoms with Gasteiger partial charge in [0.1, 0.15) is 7.05 Å². The Balaban J connectivity index is 2.77. The van der Waals surface area contributed by atoms with Gasteiger partial charge in [0, 0.05) is 12.1 Å². The molecule has 0 atom stereocenters. The highest BCUT2D eigenvalue weighted by molar-refractivity contribution is 5.91. The molecule has 1 aromatic heterocycles. The first-order valence-electron chi connectivity index (χ1n) is 3.82. The number of pyridine rings is 1. The Bertz CT molecular complexity index is 298. The maximum absolute atomic E-state index is 10.6. The van der Waals surface area contributed by atoms with Crippen LogP contribution in [0.3, 0.4) is 0 Å². The zero-order valence-corrected chi connectivity index (χ0v) is 7.32. The summed E-state index contributed by atoms with van der Waals surface area (Å²) in [5.74, 6) is 0.0724. The molecule has 62 valence electrons. The van der Waals surface area contributed by atoms with Crippen molar-refractivity contribution < 1.29 is 9.36 Å². The number of rotatable bonds is 2. The van der Waals surface area contributed by atoms with Crippen LogP contribution in [0.1, 0.15) is 12.5 Å². The molecule has 0 aromatic carbocycles. The van der Waals surface area contributed by atoms with Crippen LogP contribution in [0, 0.1) is 0 Å². The monoisotopic (exact) mass is 162 g/mol. The van der Waals surface area contributed by atoms with E-state index in [0.29, 0.717) is 0 Å². The topological polar surface area (TPSA) is 20.9 Å². The zero-order chi connectivity index (χ0) is 8.97. The predicted molar refractivity (Wildman–Crippen MR) is 47.3 cm³/mol. The number of ketones is 1. The Kier molecular flexibility index (Phi) is 2.75. The number of hydrogen-bond acceptors (Lipinski definition) is 1. The van der Waals surface area contributed by atoms with Crippen molar-refractivity contribution in [3.8, 4) is 0 Å². The van der Waals surface area contributed by atoms with Crippen LogP contribution in [0.4, 0.5) is 0 Å². The van der Waals surface area contributed by atoms with E-state index in [-0.39, 0.29) is 5.78 Å². The number of nitrogens with zero attached hydrogens (tertiary/aromatic N) is 1. The molecule has 0 fully saturated rings. The molecule has 0 aliphatic carbocycles. The van der Waals surface area contributed by atoms with E-state index in [9.17, 15) is 4.79 Å². The second-order valence-corrected chi connectivity index (χ2v) is 2.74. The first kappa shape index (κ1) is 8.65. The number of aryl methyl sites for hydroxylation is 1. The van der Waals surface area contributed by atoms with Gasteiger partial charge in [-0.3, -0.25) is 4.79 Å². The molecular formula is C10H12NO+. The summed E-state index contributed by atoms with van der Waals surface area (Å²) in [6, 6.07) is 3.92. The second-order valence-electron chi connectivity index (χ2n) is 2.74. The maximum atomic E-state index is 10.6. The predicted octanol–water partition coefficient (Wildman–Crippen LogP) is 1.11. The van der Waals surface area contributed by atoms with Gasteiger partial charge in [-0.05, 0) is 18.6 Å². The third-order valence-electron chi connectivity index (χ3n) is 1.51. The summed E-state index contributed by atoms with van der Waals surface area (Å²) in [5.41, 5.74) is 1.04. The van der Waals surface area contributed by atoms with E-state index in [1.165, 1.54) is 0 Å². The summed E-state index contributed by atoms with van der Waals surface area (Å²) in [4.78, 5) is 10.6. The highest BCUT2D eigenvalue weighted by Crippen LogP contribution is 1.97. The van der Waals surface area contributed by atoms with Gasteiger partial charge in [0.15, 0.2) is 18.2 Å². The van der Waals surface area contributed by atoms with Gasteiger partial charge >= 0.3 is 0 Å². The molecule has 2 heteroatoms. The van der Waals surface area contributed by atoms with Crippen LogP contribution in [-0.2, 0) is 11.8 Å². The molecule has 0 N–H and O–H groups in total. The van der Waals surface area contributed by atoms with Crippen molar-refractivity contribution in [2.45, 2.75) is 6.92 Å². The van der Waals surface area contributed by atoms with Crippen LogP contribution >= 0.6 is 0 Å². The van der Waals surface area contributed by atoms with Crippen molar-refractivity contribution >= 4 is 11.9 Å². The van der Waals surface area contributed by atoms with Gasteiger partial charge in [-0.1, -0.05) is 6.08 Å². The fraction of sp³-hybridized carbons (Fsp3) is 0.200. The van der Waals surface area contributed by atoms with Crippen LogP contribution in [0.2, 0.25) is 0 Å². The molecule has 1 aromatic rings. The van der Waals surface area contributed by atoms with Crippen LogP contribution in [0.5, 0.6) is 0 Å². The molecule has 2 nitrogen and oxygen atoms in total. The Morgan fingerprint density at radius 2 is 2.00 bits per heavy atom. The zero-order valence-electron chi connectivity index (χ0n) is 7.32. The van der Waals surface area contributed by atoms with Gasteiger partial charge in [-0.2, -0.15) is 0 Å². The summed E-state index contributed by atoms with van der Waals surface area (Å²) >= 11 is 0. The Morgan fingerprint density at radius 3 is 2.50 bits per heavy atom. The quantitative estimate of drug-likeness (QED) is 0.471. The molecule has 1 rings (SSSR count). The van der Waals surface area contributed by atoms with E-state index in [1.807, 2.05) is 42.2 Å². The summed E-state index contributed by atoms with van der Waals surface area (Å²) in [7, 11) is 1.96. The standard InChI is InChI=1S/C10H12NO/c1-9(12)3-4-10-5-7-11(2)8-6-10/h3-8H,1-2H3/q+1. The van der Waals surface area contributed by atoms with Gasteiger partial charge in [-0.25, -0.2) is 4.57 Å². The van der Waals surface area contributed by atoms with Crippen molar-refractivity contribution in [3.63, 3.8) is 0 Å². The number of hydrogen-bond donors (Lipinski definition) is 0. The van der Waals surface area contributed by atoms with Crippen LogP contribution in [0.25, 0.3) is 6.08 Å². The maximum Gasteiger partial charge on any atom is 0.169 e. The summed E-state index contributed by atoms with van der Waals surface area (Å²) < 4.78 is 1.95. The fourth-order valence-corrected chi connectivity index (χ4v) is 0.837. The Hall–Kier alpha value is -1.44. The van der Waals surface area contributed by atoms with Crippen molar-refractivity contribution in [2.24, 2.45) is 7.05 Å². The van der Waals surface area contributed by atoms with Gasteiger partial charge in [0.25, 0.3) is 0 Å². The van der Waals surface area contributed by atoms with Crippen molar-refractivity contribution in [3.05, 3.63) is 36.2 Å². The number of carbonyl (C=O) groups excluding carboxylic acids is 1. The largest absolute Gasteiger partial charge is 0.295 e. The SMILES string of the molecule is CC(=O)C=Cc1cc[n+](C)cc1. The smallest absolute Gasteiger partial charge is 0.169 e. The molecule has 0 spiro atoms. The minimum atomic E-state index is 0.0724. The van der Waals surface area contributed by atoms with Crippen LogP contribution in [-0.4, -0.2) is 5.78 Å². The Morgan fingerprint density at radius 1 is 1.42 bits per heavy atom. The number of carbonyl (C=O) groups is 1. The van der Waals surface area contributed by atoms with E-state index in [4.69, 9.17) is 0 Å². The van der Waals surface area contributed by atoms with E-state index in [2.05, 4.69) is 0 Å². The fourth-order valence-electron chi connectivity index (χ4n) is 0.837. The average molecular weight is 162 g/mol. The molecule has 0 unspecified atom stereocenters. The summed E-state index contributed by atoms with van der Waals surface area (Å²) in [5, 5.41) is 0. The third-order valence-corrected chi connectivity index (χ3v) is 1.51. The summed E-state index contributed by atoms with van der Waals surface area (Å²) in [6.07, 6.45) is 7.26. The molecule has 0 radical (unpaired) electrons. The van der Waals surface area contributed by atoms with E-state index < -0.39 is 0 Å². The second kappa shape index (κ2) is 3.81. The first-order valence-corrected chi connectivity index (χ1v) is 3.82. The molecule has 0 saturated heterocycles. The van der Waals surface area contributed by atoms with Crippen LogP contribution in [0.15, 0.2) is 30.6 Å². The lowest BCUT2D eigenvalue weighted by molar-refractivity contribution is -0.671. The molecule has 0 amide bonds. The normalized spacial score (nSPS) is 10.5. The first-order chi connectivity index (χ1) is 5.68. The molecule has 1 heterocycles. The minimum absolute atomic E-state index is 0.0724. The molecular weight excluding hydrogens is 150 g/mol. The van der Waals surface area contributed by atoms with Crippen molar-refractivity contribution in [2.75, 3.05) is 0 Å². The average Bonchev–Trinajstić information content (AvgIpc) is 2.03. The van der Waals surface area contributed by atoms with Gasteiger partial charge in [0.05, 0.1) is 0 Å². The van der Waals surface area contributed by atoms with E-state index >= 15 is 0 Å². The molecule has 12 heavy (non-hydrogen) atoms. The number of allylic oxidation sites excluding steroid dienone is 1. The molecule has 0 saturated carbocycles. The van der Waals surface area contributed by atoms with Gasteiger partial charge < -0.3 is 0 Å². The minimum Gasteiger partial charge on any atom is -0.295 e. The highest BCUT2D eigenvalue weighted by Gasteiger charge is 1.91. The lowest BCUT2D eigenvalue weighted by Crippen LogP contribution is -2.25. The van der Waals surface area contributed by atoms with Crippen LogP contribution < -0.4 is 4.57 Å². The van der Waals surface area contributed by atoms with E-state index in [0.717, 1.165) is 5.56 Å². The van der Waals surface area contributed by atoms with Crippen molar-refractivity contribution in [1.29, 1.82) is 0 Å². The van der Waals surface area contributed by atoms with Crippen molar-refractivity contribution in [1.82, 2.24) is 0 Å². The van der Waals surface area contributed by atoms with Gasteiger partial charge in [-0.15, -0.1) is 0 Å². The third kappa shape index (κ3) is 2.66. The highest BCUT2D eigenvalue weighted by atomic mass is 16.1. The number of aromatic nitrogens is 1. The molecule has 0 bridgehead atoms. The Labute approximate surface area is 72.2 Å². The van der Waals surface area contributed by atoms with E-state index in [1.54, 1.807) is 13.0 Å². The molecule has 0 aliphatic rings. The lowest BCUT2D eigenvalue weighted by Gasteiger charge is -1.89. The summed E-state index contributed by atoms with van der Waals surface area (Å²) in [6.45, 7) is 1.54.